The van der Waals surface area contributed by atoms with E-state index in [0.717, 1.165) is 10.2 Å². The van der Waals surface area contributed by atoms with Gasteiger partial charge in [-0.05, 0) is 49.4 Å². The first kappa shape index (κ1) is 16.0. The number of carbonyl (C=O) groups excluding carboxylic acids is 1. The molecular formula is C13H16BrN5OS. The van der Waals surface area contributed by atoms with Gasteiger partial charge in [0.1, 0.15) is 0 Å². The lowest BCUT2D eigenvalue weighted by atomic mass is 10.3. The van der Waals surface area contributed by atoms with Gasteiger partial charge < -0.3 is 5.32 Å². The van der Waals surface area contributed by atoms with Gasteiger partial charge in [-0.3, -0.25) is 4.79 Å². The Morgan fingerprint density at radius 1 is 1.38 bits per heavy atom. The molecule has 0 saturated carbocycles. The number of amides is 1. The van der Waals surface area contributed by atoms with Gasteiger partial charge in [0.2, 0.25) is 11.1 Å². The molecule has 1 amide bonds. The molecule has 1 N–H and O–H groups in total. The van der Waals surface area contributed by atoms with Crippen molar-refractivity contribution in [2.24, 2.45) is 0 Å². The minimum Gasteiger partial charge on any atom is -0.325 e. The van der Waals surface area contributed by atoms with Crippen molar-refractivity contribution in [3.05, 3.63) is 28.7 Å². The normalized spacial score (nSPS) is 12.4. The van der Waals surface area contributed by atoms with Crippen LogP contribution in [0.1, 0.15) is 26.8 Å². The molecule has 8 heteroatoms. The molecule has 0 aliphatic heterocycles. The number of anilines is 1. The van der Waals surface area contributed by atoms with Gasteiger partial charge in [0.05, 0.1) is 11.3 Å². The highest BCUT2D eigenvalue weighted by Crippen LogP contribution is 2.24. The molecule has 0 bridgehead atoms. The first-order valence-electron chi connectivity index (χ1n) is 6.48. The van der Waals surface area contributed by atoms with Crippen molar-refractivity contribution in [1.29, 1.82) is 0 Å². The molecule has 21 heavy (non-hydrogen) atoms. The number of nitrogens with one attached hydrogen (secondary N) is 1. The highest BCUT2D eigenvalue weighted by atomic mass is 79.9. The first-order valence-corrected chi connectivity index (χ1v) is 8.15. The van der Waals surface area contributed by atoms with Crippen LogP contribution in [0.4, 0.5) is 5.69 Å². The van der Waals surface area contributed by atoms with Crippen molar-refractivity contribution < 1.29 is 4.79 Å². The van der Waals surface area contributed by atoms with Crippen molar-refractivity contribution in [1.82, 2.24) is 20.2 Å². The fourth-order valence-electron chi connectivity index (χ4n) is 1.61. The maximum atomic E-state index is 12.2. The third kappa shape index (κ3) is 4.28. The van der Waals surface area contributed by atoms with Crippen molar-refractivity contribution in [2.75, 3.05) is 5.32 Å². The second-order valence-electron chi connectivity index (χ2n) is 4.76. The van der Waals surface area contributed by atoms with Crippen LogP contribution in [0.5, 0.6) is 0 Å². The van der Waals surface area contributed by atoms with Crippen LogP contribution >= 0.6 is 27.7 Å². The van der Waals surface area contributed by atoms with Crippen LogP contribution in [0.3, 0.4) is 0 Å². The summed E-state index contributed by atoms with van der Waals surface area (Å²) in [6.07, 6.45) is 0. The number of carbonyl (C=O) groups is 1. The summed E-state index contributed by atoms with van der Waals surface area (Å²) < 4.78 is 2.62. The molecule has 1 unspecified atom stereocenters. The smallest absolute Gasteiger partial charge is 0.237 e. The summed E-state index contributed by atoms with van der Waals surface area (Å²) in [5, 5.41) is 14.8. The lowest BCUT2D eigenvalue weighted by Gasteiger charge is -2.13. The molecule has 0 spiro atoms. The topological polar surface area (TPSA) is 72.7 Å². The Morgan fingerprint density at radius 3 is 2.81 bits per heavy atom. The minimum absolute atomic E-state index is 0.0867. The van der Waals surface area contributed by atoms with Gasteiger partial charge in [-0.2, -0.15) is 0 Å². The number of benzene rings is 1. The van der Waals surface area contributed by atoms with E-state index in [9.17, 15) is 4.79 Å². The lowest BCUT2D eigenvalue weighted by Crippen LogP contribution is -2.23. The Balaban J connectivity index is 2.01. The van der Waals surface area contributed by atoms with Crippen molar-refractivity contribution >= 4 is 39.3 Å². The lowest BCUT2D eigenvalue weighted by molar-refractivity contribution is -0.115. The van der Waals surface area contributed by atoms with Crippen LogP contribution in [0.25, 0.3) is 0 Å². The summed E-state index contributed by atoms with van der Waals surface area (Å²) >= 11 is 4.72. The predicted molar refractivity (Wildman–Crippen MR) is 86.3 cm³/mol. The maximum Gasteiger partial charge on any atom is 0.237 e. The fourth-order valence-corrected chi connectivity index (χ4v) is 2.93. The molecule has 1 aromatic heterocycles. The van der Waals surface area contributed by atoms with Gasteiger partial charge in [-0.15, -0.1) is 5.10 Å². The third-order valence-electron chi connectivity index (χ3n) is 2.70. The van der Waals surface area contributed by atoms with E-state index < -0.39 is 0 Å². The zero-order valence-electron chi connectivity index (χ0n) is 11.9. The van der Waals surface area contributed by atoms with Gasteiger partial charge in [0.25, 0.3) is 0 Å². The van der Waals surface area contributed by atoms with Gasteiger partial charge in [0, 0.05) is 10.2 Å². The molecule has 1 aromatic carbocycles. The van der Waals surface area contributed by atoms with E-state index in [0.29, 0.717) is 5.16 Å². The zero-order valence-corrected chi connectivity index (χ0v) is 14.3. The minimum atomic E-state index is -0.299. The maximum absolute atomic E-state index is 12.2. The SMILES string of the molecule is CC(Sc1nnnn1C(C)C)C(=O)Nc1cccc(Br)c1. The second-order valence-corrected chi connectivity index (χ2v) is 6.98. The van der Waals surface area contributed by atoms with E-state index >= 15 is 0 Å². The average molecular weight is 370 g/mol. The largest absolute Gasteiger partial charge is 0.325 e. The van der Waals surface area contributed by atoms with E-state index in [4.69, 9.17) is 0 Å². The van der Waals surface area contributed by atoms with Gasteiger partial charge in [-0.25, -0.2) is 4.68 Å². The Morgan fingerprint density at radius 2 is 2.14 bits per heavy atom. The van der Waals surface area contributed by atoms with E-state index in [2.05, 4.69) is 36.8 Å². The van der Waals surface area contributed by atoms with Crippen LogP contribution in [0.2, 0.25) is 0 Å². The van der Waals surface area contributed by atoms with Gasteiger partial charge >= 0.3 is 0 Å². The molecule has 0 saturated heterocycles. The summed E-state index contributed by atoms with van der Waals surface area (Å²) in [4.78, 5) is 12.2. The van der Waals surface area contributed by atoms with Crippen LogP contribution in [-0.4, -0.2) is 31.4 Å². The molecule has 2 rings (SSSR count). The molecule has 2 aromatic rings. The van der Waals surface area contributed by atoms with E-state index in [1.54, 1.807) is 4.68 Å². The Bertz CT molecular complexity index is 631. The van der Waals surface area contributed by atoms with Crippen molar-refractivity contribution in [3.63, 3.8) is 0 Å². The standard InChI is InChI=1S/C13H16BrN5OS/c1-8(2)19-13(16-17-18-19)21-9(3)12(20)15-11-6-4-5-10(14)7-11/h4-9H,1-3H3,(H,15,20). The molecule has 0 fully saturated rings. The molecule has 6 nitrogen and oxygen atoms in total. The summed E-state index contributed by atoms with van der Waals surface area (Å²) in [6, 6.07) is 7.63. The number of thioether (sulfide) groups is 1. The zero-order chi connectivity index (χ0) is 15.4. The Labute approximate surface area is 135 Å². The van der Waals surface area contributed by atoms with E-state index in [1.165, 1.54) is 11.8 Å². The van der Waals surface area contributed by atoms with Gasteiger partial charge in [0.15, 0.2) is 0 Å². The van der Waals surface area contributed by atoms with Gasteiger partial charge in [-0.1, -0.05) is 33.8 Å². The monoisotopic (exact) mass is 369 g/mol. The van der Waals surface area contributed by atoms with Crippen LogP contribution in [-0.2, 0) is 4.79 Å². The molecule has 112 valence electrons. The number of rotatable bonds is 5. The van der Waals surface area contributed by atoms with Crippen LogP contribution < -0.4 is 5.32 Å². The van der Waals surface area contributed by atoms with Crippen LogP contribution in [0, 0.1) is 0 Å². The number of nitrogens with zero attached hydrogens (tertiary/aromatic N) is 4. The number of hydrogen-bond acceptors (Lipinski definition) is 5. The molecule has 0 aliphatic rings. The highest BCUT2D eigenvalue weighted by Gasteiger charge is 2.19. The Hall–Kier alpha value is -1.41. The number of tetrazole rings is 1. The van der Waals surface area contributed by atoms with Crippen LogP contribution in [0.15, 0.2) is 33.9 Å². The summed E-state index contributed by atoms with van der Waals surface area (Å²) in [7, 11) is 0. The molecule has 0 radical (unpaired) electrons. The molecular weight excluding hydrogens is 354 g/mol. The number of hydrogen-bond donors (Lipinski definition) is 1. The fraction of sp³-hybridized carbons (Fsp3) is 0.385. The molecule has 0 aliphatic carbocycles. The van der Waals surface area contributed by atoms with E-state index in [1.807, 2.05) is 45.0 Å². The third-order valence-corrected chi connectivity index (χ3v) is 4.24. The highest BCUT2D eigenvalue weighted by molar-refractivity contribution is 9.10. The second kappa shape index (κ2) is 7.04. The van der Waals surface area contributed by atoms with Crippen molar-refractivity contribution in [2.45, 2.75) is 37.2 Å². The molecule has 1 atom stereocenters. The van der Waals surface area contributed by atoms with E-state index in [-0.39, 0.29) is 17.2 Å². The number of aromatic nitrogens is 4. The Kier molecular flexibility index (Phi) is 5.35. The summed E-state index contributed by atoms with van der Waals surface area (Å²) in [5.74, 6) is -0.0867. The first-order chi connectivity index (χ1) is 9.97. The molecule has 1 heterocycles. The average Bonchev–Trinajstić information content (AvgIpc) is 2.87. The summed E-state index contributed by atoms with van der Waals surface area (Å²) in [5.41, 5.74) is 0.755. The predicted octanol–water partition coefficient (Wildman–Crippen LogP) is 3.14. The number of halogens is 1. The quantitative estimate of drug-likeness (QED) is 0.819. The van der Waals surface area contributed by atoms with Crippen molar-refractivity contribution in [3.8, 4) is 0 Å². The summed E-state index contributed by atoms with van der Waals surface area (Å²) in [6.45, 7) is 5.82.